The molecule has 0 aliphatic carbocycles. The van der Waals surface area contributed by atoms with Gasteiger partial charge in [-0.25, -0.2) is 0 Å². The van der Waals surface area contributed by atoms with Crippen molar-refractivity contribution in [1.29, 1.82) is 0 Å². The second-order valence-electron chi connectivity index (χ2n) is 3.88. The molecule has 0 amide bonds. The van der Waals surface area contributed by atoms with Crippen LogP contribution in [0.15, 0.2) is 35.9 Å². The minimum atomic E-state index is 0.102. The smallest absolute Gasteiger partial charge is 0.118 e. The first-order chi connectivity index (χ1) is 8.26. The van der Waals surface area contributed by atoms with Crippen molar-refractivity contribution in [2.45, 2.75) is 20.0 Å². The van der Waals surface area contributed by atoms with Gasteiger partial charge in [-0.1, -0.05) is 23.8 Å². The Kier molecular flexibility index (Phi) is 6.37. The molecule has 1 rings (SSSR count). The van der Waals surface area contributed by atoms with E-state index >= 15 is 0 Å². The van der Waals surface area contributed by atoms with Gasteiger partial charge in [-0.15, -0.1) is 0 Å². The summed E-state index contributed by atoms with van der Waals surface area (Å²) >= 11 is 0. The molecule has 0 radical (unpaired) electrons. The predicted molar refractivity (Wildman–Crippen MR) is 68.1 cm³/mol. The molecule has 3 nitrogen and oxygen atoms in total. The van der Waals surface area contributed by atoms with Gasteiger partial charge in [-0.3, -0.25) is 0 Å². The average Bonchev–Trinajstić information content (AvgIpc) is 2.36. The maximum atomic E-state index is 8.69. The molecule has 1 N–H and O–H groups in total. The zero-order chi connectivity index (χ0) is 12.5. The lowest BCUT2D eigenvalue weighted by Gasteiger charge is -2.05. The molecular weight excluding hydrogens is 216 g/mol. The molecule has 0 aromatic heterocycles. The van der Waals surface area contributed by atoms with Crippen molar-refractivity contribution in [2.24, 2.45) is 0 Å². The van der Waals surface area contributed by atoms with E-state index in [1.165, 1.54) is 0 Å². The van der Waals surface area contributed by atoms with Crippen LogP contribution in [0, 0.1) is 0 Å². The van der Waals surface area contributed by atoms with E-state index in [-0.39, 0.29) is 6.61 Å². The van der Waals surface area contributed by atoms with E-state index in [2.05, 4.69) is 0 Å². The topological polar surface area (TPSA) is 38.7 Å². The summed E-state index contributed by atoms with van der Waals surface area (Å²) < 4.78 is 10.6. The molecule has 0 saturated heterocycles. The number of aliphatic hydroxyl groups excluding tert-OH is 1. The Hall–Kier alpha value is -1.32. The standard InChI is InChI=1S/C14H20O3/c1-12(7-9-15)8-10-17-11-13-3-5-14(16-2)6-4-13/h3-7,15H,8-11H2,1-2H3/b12-7+. The highest BCUT2D eigenvalue weighted by Crippen LogP contribution is 2.12. The molecule has 0 aliphatic heterocycles. The van der Waals surface area contributed by atoms with Crippen LogP contribution in [0.3, 0.4) is 0 Å². The first-order valence-corrected chi connectivity index (χ1v) is 5.73. The molecule has 0 fully saturated rings. The lowest BCUT2D eigenvalue weighted by atomic mass is 10.2. The predicted octanol–water partition coefficient (Wildman–Crippen LogP) is 2.54. The molecular formula is C14H20O3. The Morgan fingerprint density at radius 1 is 1.29 bits per heavy atom. The van der Waals surface area contributed by atoms with Crippen molar-refractivity contribution in [3.05, 3.63) is 41.5 Å². The average molecular weight is 236 g/mol. The fourth-order valence-corrected chi connectivity index (χ4v) is 1.40. The lowest BCUT2D eigenvalue weighted by molar-refractivity contribution is 0.123. The first kappa shape index (κ1) is 13.7. The van der Waals surface area contributed by atoms with E-state index in [0.29, 0.717) is 13.2 Å². The molecule has 17 heavy (non-hydrogen) atoms. The van der Waals surface area contributed by atoms with Gasteiger partial charge in [-0.2, -0.15) is 0 Å². The number of benzene rings is 1. The second kappa shape index (κ2) is 7.87. The van der Waals surface area contributed by atoms with Crippen LogP contribution in [-0.4, -0.2) is 25.4 Å². The summed E-state index contributed by atoms with van der Waals surface area (Å²) in [5, 5.41) is 8.69. The summed E-state index contributed by atoms with van der Waals surface area (Å²) in [7, 11) is 1.65. The molecule has 0 aliphatic rings. The van der Waals surface area contributed by atoms with Gasteiger partial charge in [0.05, 0.1) is 26.9 Å². The van der Waals surface area contributed by atoms with E-state index in [4.69, 9.17) is 14.6 Å². The summed E-state index contributed by atoms with van der Waals surface area (Å²) in [6.07, 6.45) is 2.66. The van der Waals surface area contributed by atoms with E-state index in [1.54, 1.807) is 13.2 Å². The lowest BCUT2D eigenvalue weighted by Crippen LogP contribution is -1.96. The molecule has 0 saturated carbocycles. The zero-order valence-electron chi connectivity index (χ0n) is 10.5. The Balaban J connectivity index is 2.24. The summed E-state index contributed by atoms with van der Waals surface area (Å²) in [4.78, 5) is 0. The molecule has 0 atom stereocenters. The van der Waals surface area contributed by atoms with Crippen molar-refractivity contribution in [2.75, 3.05) is 20.3 Å². The largest absolute Gasteiger partial charge is 0.497 e. The van der Waals surface area contributed by atoms with E-state index in [0.717, 1.165) is 23.3 Å². The van der Waals surface area contributed by atoms with E-state index in [1.807, 2.05) is 31.2 Å². The summed E-state index contributed by atoms with van der Waals surface area (Å²) in [6.45, 7) is 3.38. The molecule has 0 heterocycles. The Morgan fingerprint density at radius 3 is 2.59 bits per heavy atom. The second-order valence-corrected chi connectivity index (χ2v) is 3.88. The van der Waals surface area contributed by atoms with Crippen molar-refractivity contribution >= 4 is 0 Å². The number of hydrogen-bond donors (Lipinski definition) is 1. The van der Waals surface area contributed by atoms with Crippen molar-refractivity contribution in [1.82, 2.24) is 0 Å². The minimum Gasteiger partial charge on any atom is -0.497 e. The number of hydrogen-bond acceptors (Lipinski definition) is 3. The fraction of sp³-hybridized carbons (Fsp3) is 0.429. The van der Waals surface area contributed by atoms with Crippen molar-refractivity contribution < 1.29 is 14.6 Å². The SMILES string of the molecule is COc1ccc(COCC/C(C)=C/CO)cc1. The third kappa shape index (κ3) is 5.52. The van der Waals surface area contributed by atoms with Gasteiger partial charge in [0.25, 0.3) is 0 Å². The molecule has 1 aromatic carbocycles. The Morgan fingerprint density at radius 2 is 2.00 bits per heavy atom. The van der Waals surface area contributed by atoms with Gasteiger partial charge in [-0.05, 0) is 31.0 Å². The number of methoxy groups -OCH3 is 1. The normalized spacial score (nSPS) is 11.6. The number of aliphatic hydroxyl groups is 1. The first-order valence-electron chi connectivity index (χ1n) is 5.73. The van der Waals surface area contributed by atoms with Gasteiger partial charge in [0.15, 0.2) is 0 Å². The van der Waals surface area contributed by atoms with Crippen molar-refractivity contribution in [3.63, 3.8) is 0 Å². The highest BCUT2D eigenvalue weighted by molar-refractivity contribution is 5.26. The van der Waals surface area contributed by atoms with Crippen molar-refractivity contribution in [3.8, 4) is 5.75 Å². The van der Waals surface area contributed by atoms with Crippen LogP contribution in [0.2, 0.25) is 0 Å². The van der Waals surface area contributed by atoms with Gasteiger partial charge < -0.3 is 14.6 Å². The van der Waals surface area contributed by atoms with Gasteiger partial charge in [0, 0.05) is 0 Å². The summed E-state index contributed by atoms with van der Waals surface area (Å²) in [5.74, 6) is 0.857. The molecule has 0 spiro atoms. The molecule has 94 valence electrons. The monoisotopic (exact) mass is 236 g/mol. The Labute approximate surface area is 103 Å². The van der Waals surface area contributed by atoms with E-state index < -0.39 is 0 Å². The van der Waals surface area contributed by atoms with E-state index in [9.17, 15) is 0 Å². The van der Waals surface area contributed by atoms with Crippen LogP contribution in [0.4, 0.5) is 0 Å². The van der Waals surface area contributed by atoms with Gasteiger partial charge in [0.2, 0.25) is 0 Å². The maximum absolute atomic E-state index is 8.69. The van der Waals surface area contributed by atoms with Crippen LogP contribution < -0.4 is 4.74 Å². The highest BCUT2D eigenvalue weighted by atomic mass is 16.5. The Bertz CT molecular complexity index is 341. The maximum Gasteiger partial charge on any atom is 0.118 e. The molecule has 3 heteroatoms. The molecule has 0 unspecified atom stereocenters. The van der Waals surface area contributed by atoms with Crippen LogP contribution in [0.1, 0.15) is 18.9 Å². The third-order valence-electron chi connectivity index (χ3n) is 2.51. The molecule has 0 bridgehead atoms. The zero-order valence-corrected chi connectivity index (χ0v) is 10.5. The summed E-state index contributed by atoms with van der Waals surface area (Å²) in [6, 6.07) is 7.84. The van der Waals surface area contributed by atoms with Crippen LogP contribution >= 0.6 is 0 Å². The van der Waals surface area contributed by atoms with Crippen LogP contribution in [0.25, 0.3) is 0 Å². The van der Waals surface area contributed by atoms with Gasteiger partial charge in [0.1, 0.15) is 5.75 Å². The number of rotatable bonds is 7. The quantitative estimate of drug-likeness (QED) is 0.584. The van der Waals surface area contributed by atoms with Crippen LogP contribution in [-0.2, 0) is 11.3 Å². The fourth-order valence-electron chi connectivity index (χ4n) is 1.40. The highest BCUT2D eigenvalue weighted by Gasteiger charge is 1.95. The molecule has 1 aromatic rings. The minimum absolute atomic E-state index is 0.102. The number of ether oxygens (including phenoxy) is 2. The summed E-state index contributed by atoms with van der Waals surface area (Å²) in [5.41, 5.74) is 2.29. The van der Waals surface area contributed by atoms with Crippen LogP contribution in [0.5, 0.6) is 5.75 Å². The van der Waals surface area contributed by atoms with Gasteiger partial charge >= 0.3 is 0 Å². The third-order valence-corrected chi connectivity index (χ3v) is 2.51.